The van der Waals surface area contributed by atoms with Crippen molar-refractivity contribution in [3.05, 3.63) is 71.3 Å². The smallest absolute Gasteiger partial charge is 0.163 e. The maximum absolute atomic E-state index is 9.93. The molecule has 9 heteroatoms. The van der Waals surface area contributed by atoms with Crippen LogP contribution in [0.15, 0.2) is 54.6 Å². The number of hydrogen-bond acceptors (Lipinski definition) is 9. The Morgan fingerprint density at radius 3 is 1.67 bits per heavy atom. The van der Waals surface area contributed by atoms with Crippen molar-refractivity contribution in [1.82, 2.24) is 0 Å². The molecule has 0 saturated carbocycles. The first-order chi connectivity index (χ1) is 17.4. The van der Waals surface area contributed by atoms with Crippen LogP contribution >= 0.6 is 0 Å². The first kappa shape index (κ1) is 22.8. The predicted molar refractivity (Wildman–Crippen MR) is 125 cm³/mol. The molecule has 6 rings (SSSR count). The Morgan fingerprint density at radius 2 is 1.11 bits per heavy atom. The monoisotopic (exact) mass is 494 g/mol. The van der Waals surface area contributed by atoms with Crippen LogP contribution in [-0.4, -0.2) is 51.5 Å². The molecule has 3 heterocycles. The lowest BCUT2D eigenvalue weighted by Gasteiger charge is -2.34. The van der Waals surface area contributed by atoms with Gasteiger partial charge in [0.25, 0.3) is 0 Å². The average molecular weight is 494 g/mol. The maximum Gasteiger partial charge on any atom is 0.163 e. The topological polar surface area (TPSA) is 138 Å². The van der Waals surface area contributed by atoms with Gasteiger partial charge in [-0.3, -0.25) is 0 Å². The third-order valence-electron chi connectivity index (χ3n) is 7.27. The van der Waals surface area contributed by atoms with Gasteiger partial charge in [-0.1, -0.05) is 18.2 Å². The van der Waals surface area contributed by atoms with Gasteiger partial charge >= 0.3 is 0 Å². The molecule has 0 spiro atoms. The lowest BCUT2D eigenvalue weighted by molar-refractivity contribution is -0.0130. The Bertz CT molecular complexity index is 1290. The predicted octanol–water partition coefficient (Wildman–Crippen LogP) is 3.46. The largest absolute Gasteiger partial charge is 0.504 e. The molecule has 36 heavy (non-hydrogen) atoms. The van der Waals surface area contributed by atoms with E-state index in [2.05, 4.69) is 0 Å². The van der Waals surface area contributed by atoms with Crippen molar-refractivity contribution in [2.24, 2.45) is 11.8 Å². The minimum atomic E-state index is -0.692. The lowest BCUT2D eigenvalue weighted by atomic mass is 9.85. The quantitative estimate of drug-likeness (QED) is 0.345. The first-order valence-corrected chi connectivity index (χ1v) is 11.8. The van der Waals surface area contributed by atoms with Crippen LogP contribution in [0.4, 0.5) is 0 Å². The summed E-state index contributed by atoms with van der Waals surface area (Å²) in [6.07, 6.45) is -1.86. The number of aliphatic hydroxyl groups excluding tert-OH is 1. The number of aromatic hydroxyl groups is 4. The molecule has 6 atom stereocenters. The molecule has 3 aliphatic rings. The number of aliphatic hydroxyl groups is 1. The van der Waals surface area contributed by atoms with E-state index in [1.54, 1.807) is 18.2 Å². The highest BCUT2D eigenvalue weighted by molar-refractivity contribution is 5.48. The summed E-state index contributed by atoms with van der Waals surface area (Å²) < 4.78 is 24.5. The molecule has 0 aromatic heterocycles. The van der Waals surface area contributed by atoms with E-state index in [0.717, 1.165) is 11.1 Å². The van der Waals surface area contributed by atoms with E-state index in [1.807, 2.05) is 12.1 Å². The van der Waals surface area contributed by atoms with Crippen molar-refractivity contribution < 1.29 is 44.5 Å². The van der Waals surface area contributed by atoms with Gasteiger partial charge in [-0.05, 0) is 47.5 Å². The molecule has 0 amide bonds. The third-order valence-corrected chi connectivity index (χ3v) is 7.27. The van der Waals surface area contributed by atoms with Gasteiger partial charge < -0.3 is 44.5 Å². The summed E-state index contributed by atoms with van der Waals surface area (Å²) in [5, 5.41) is 49.0. The summed E-state index contributed by atoms with van der Waals surface area (Å²) in [7, 11) is 0. The molecular formula is C27H26O9. The second-order valence-corrected chi connectivity index (χ2v) is 9.42. The van der Waals surface area contributed by atoms with Gasteiger partial charge in [0.15, 0.2) is 46.7 Å². The Morgan fingerprint density at radius 1 is 0.583 bits per heavy atom. The Balaban J connectivity index is 1.25. The van der Waals surface area contributed by atoms with Crippen molar-refractivity contribution in [2.75, 3.05) is 19.8 Å². The maximum atomic E-state index is 9.93. The van der Waals surface area contributed by atoms with Gasteiger partial charge in [0, 0.05) is 17.4 Å². The van der Waals surface area contributed by atoms with Gasteiger partial charge in [0.05, 0.1) is 32.0 Å². The van der Waals surface area contributed by atoms with Crippen molar-refractivity contribution in [1.29, 1.82) is 0 Å². The fraction of sp³-hybridized carbons (Fsp3) is 0.333. The van der Waals surface area contributed by atoms with Crippen LogP contribution in [0.25, 0.3) is 0 Å². The molecule has 0 bridgehead atoms. The Labute approximate surface area is 206 Å². The summed E-state index contributed by atoms with van der Waals surface area (Å²) in [6.45, 7) is 0.671. The first-order valence-electron chi connectivity index (χ1n) is 11.8. The minimum absolute atomic E-state index is 0.0821. The zero-order chi connectivity index (χ0) is 25.0. The van der Waals surface area contributed by atoms with E-state index in [0.29, 0.717) is 30.3 Å². The van der Waals surface area contributed by atoms with E-state index in [1.165, 1.54) is 24.3 Å². The minimum Gasteiger partial charge on any atom is -0.504 e. The molecule has 3 aromatic carbocycles. The van der Waals surface area contributed by atoms with Gasteiger partial charge in [-0.15, -0.1) is 0 Å². The van der Waals surface area contributed by atoms with Crippen LogP contribution in [-0.2, 0) is 9.47 Å². The van der Waals surface area contributed by atoms with Crippen LogP contribution in [0.2, 0.25) is 0 Å². The van der Waals surface area contributed by atoms with Crippen molar-refractivity contribution in [3.8, 4) is 34.5 Å². The number of hydrogen-bond donors (Lipinski definition) is 5. The summed E-state index contributed by atoms with van der Waals surface area (Å²) in [4.78, 5) is 0. The van der Waals surface area contributed by atoms with E-state index in [4.69, 9.17) is 18.9 Å². The zero-order valence-electron chi connectivity index (χ0n) is 19.2. The fourth-order valence-electron chi connectivity index (χ4n) is 5.41. The SMILES string of the molecule is OCC1Oc2ccc([C@H]3OC[C@H]4[C@@H]3CO[C@@H]4c3ccc(O)c(O)c3)cc2OC1c1ccc(O)c(O)c1. The number of ether oxygens (including phenoxy) is 4. The standard InChI is InChI=1S/C27H26O9/c28-10-24-27(14-2-5-19(30)21(32)8-14)36-23-9-15(3-6-22(23)35-24)26-17-12-33-25(16(17)11-34-26)13-1-4-18(29)20(31)7-13/h1-9,16-17,24-32H,10-12H2/t16-,17-,24?,25+,26+,27?/m0/s1. The molecule has 2 unspecified atom stereocenters. The van der Waals surface area contributed by atoms with Crippen molar-refractivity contribution in [3.63, 3.8) is 0 Å². The highest BCUT2D eigenvalue weighted by Gasteiger charge is 2.48. The van der Waals surface area contributed by atoms with Crippen LogP contribution in [0.3, 0.4) is 0 Å². The molecular weight excluding hydrogens is 468 g/mol. The second kappa shape index (κ2) is 8.77. The normalized spacial score (nSPS) is 28.7. The molecule has 3 aromatic rings. The molecule has 0 radical (unpaired) electrons. The lowest BCUT2D eigenvalue weighted by Crippen LogP contribution is -2.36. The van der Waals surface area contributed by atoms with Gasteiger partial charge in [0.1, 0.15) is 0 Å². The zero-order valence-corrected chi connectivity index (χ0v) is 19.2. The van der Waals surface area contributed by atoms with Crippen LogP contribution in [0, 0.1) is 11.8 Å². The molecule has 0 aliphatic carbocycles. The van der Waals surface area contributed by atoms with Crippen LogP contribution < -0.4 is 9.47 Å². The van der Waals surface area contributed by atoms with Gasteiger partial charge in [0.2, 0.25) is 0 Å². The highest BCUT2D eigenvalue weighted by atomic mass is 16.6. The number of phenolic OH excluding ortho intramolecular Hbond substituents is 4. The molecule has 2 saturated heterocycles. The summed E-state index contributed by atoms with van der Waals surface area (Å²) in [6, 6.07) is 14.7. The highest BCUT2D eigenvalue weighted by Crippen LogP contribution is 2.52. The number of phenols is 4. The molecule has 2 fully saturated rings. The summed E-state index contributed by atoms with van der Waals surface area (Å²) in [5.41, 5.74) is 2.25. The van der Waals surface area contributed by atoms with Gasteiger partial charge in [-0.2, -0.15) is 0 Å². The molecule has 188 valence electrons. The summed E-state index contributed by atoms with van der Waals surface area (Å²) in [5.74, 6) is 0.269. The fourth-order valence-corrected chi connectivity index (χ4v) is 5.41. The summed E-state index contributed by atoms with van der Waals surface area (Å²) >= 11 is 0. The van der Waals surface area contributed by atoms with E-state index in [-0.39, 0.29) is 53.6 Å². The second-order valence-electron chi connectivity index (χ2n) is 9.42. The van der Waals surface area contributed by atoms with E-state index in [9.17, 15) is 25.5 Å². The van der Waals surface area contributed by atoms with Gasteiger partial charge in [-0.25, -0.2) is 0 Å². The van der Waals surface area contributed by atoms with Crippen LogP contribution in [0.5, 0.6) is 34.5 Å². The Hall–Kier alpha value is -3.66. The molecule has 3 aliphatic heterocycles. The number of fused-ring (bicyclic) bond motifs is 2. The molecule has 5 N–H and O–H groups in total. The number of benzene rings is 3. The third kappa shape index (κ3) is 3.76. The average Bonchev–Trinajstić information content (AvgIpc) is 3.49. The Kier molecular flexibility index (Phi) is 5.55. The van der Waals surface area contributed by atoms with Crippen LogP contribution in [0.1, 0.15) is 35.0 Å². The number of rotatable bonds is 4. The molecule has 9 nitrogen and oxygen atoms in total. The van der Waals surface area contributed by atoms with Crippen molar-refractivity contribution >= 4 is 0 Å². The van der Waals surface area contributed by atoms with E-state index >= 15 is 0 Å². The van der Waals surface area contributed by atoms with E-state index < -0.39 is 12.2 Å². The van der Waals surface area contributed by atoms with Crippen molar-refractivity contribution in [2.45, 2.75) is 24.4 Å².